The summed E-state index contributed by atoms with van der Waals surface area (Å²) in [5.41, 5.74) is 1.93. The maximum Gasteiger partial charge on any atom is 0.244 e. The average molecular weight is 429 g/mol. The third-order valence-corrected chi connectivity index (χ3v) is 6.11. The van der Waals surface area contributed by atoms with Gasteiger partial charge in [-0.05, 0) is 42.7 Å². The summed E-state index contributed by atoms with van der Waals surface area (Å²) in [6.07, 6.45) is 1.37. The van der Waals surface area contributed by atoms with Crippen molar-refractivity contribution in [1.82, 2.24) is 5.32 Å². The van der Waals surface area contributed by atoms with Crippen LogP contribution >= 0.6 is 23.2 Å². The van der Waals surface area contributed by atoms with Gasteiger partial charge in [-0.2, -0.15) is 0 Å². The van der Waals surface area contributed by atoms with Crippen molar-refractivity contribution < 1.29 is 13.2 Å². The van der Waals surface area contributed by atoms with Gasteiger partial charge in [0.25, 0.3) is 0 Å². The fourth-order valence-electron chi connectivity index (χ4n) is 2.72. The number of anilines is 1. The molecule has 8 heteroatoms. The van der Waals surface area contributed by atoms with Crippen LogP contribution in [0.2, 0.25) is 10.0 Å². The third-order valence-electron chi connectivity index (χ3n) is 4.15. The van der Waals surface area contributed by atoms with Crippen molar-refractivity contribution in [2.24, 2.45) is 0 Å². The summed E-state index contributed by atoms with van der Waals surface area (Å²) in [6.45, 7) is 3.79. The Morgan fingerprint density at radius 1 is 1.15 bits per heavy atom. The second-order valence-electron chi connectivity index (χ2n) is 6.23. The topological polar surface area (TPSA) is 66.5 Å². The van der Waals surface area contributed by atoms with Crippen LogP contribution in [0.5, 0.6) is 0 Å². The maximum atomic E-state index is 12.8. The van der Waals surface area contributed by atoms with Gasteiger partial charge >= 0.3 is 0 Å². The van der Waals surface area contributed by atoms with E-state index in [2.05, 4.69) is 5.32 Å². The number of halogens is 2. The summed E-state index contributed by atoms with van der Waals surface area (Å²) in [4.78, 5) is 12.8. The van der Waals surface area contributed by atoms with E-state index in [-0.39, 0.29) is 6.54 Å². The van der Waals surface area contributed by atoms with Gasteiger partial charge in [0, 0.05) is 16.6 Å². The predicted octanol–water partition coefficient (Wildman–Crippen LogP) is 4.16. The number of benzene rings is 2. The highest BCUT2D eigenvalue weighted by Gasteiger charge is 2.31. The van der Waals surface area contributed by atoms with Crippen molar-refractivity contribution in [2.75, 3.05) is 10.6 Å². The first-order chi connectivity index (χ1) is 12.6. The number of aryl methyl sites for hydroxylation is 1. The van der Waals surface area contributed by atoms with E-state index in [9.17, 15) is 13.2 Å². The number of carbonyl (C=O) groups is 1. The first kappa shape index (κ1) is 21.5. The van der Waals surface area contributed by atoms with Crippen molar-refractivity contribution in [3.8, 4) is 0 Å². The Morgan fingerprint density at radius 2 is 1.81 bits per heavy atom. The van der Waals surface area contributed by atoms with Crippen LogP contribution in [0.25, 0.3) is 0 Å². The van der Waals surface area contributed by atoms with Gasteiger partial charge in [0.1, 0.15) is 6.04 Å². The molecule has 0 unspecified atom stereocenters. The molecule has 0 bridgehead atoms. The number of sulfonamides is 1. The Labute approximate surface area is 170 Å². The van der Waals surface area contributed by atoms with E-state index in [1.54, 1.807) is 43.3 Å². The quantitative estimate of drug-likeness (QED) is 0.719. The smallest absolute Gasteiger partial charge is 0.244 e. The molecule has 0 saturated heterocycles. The van der Waals surface area contributed by atoms with Crippen molar-refractivity contribution in [2.45, 2.75) is 32.9 Å². The number of nitrogens with one attached hydrogen (secondary N) is 1. The van der Waals surface area contributed by atoms with Gasteiger partial charge in [-0.25, -0.2) is 8.42 Å². The maximum absolute atomic E-state index is 12.8. The van der Waals surface area contributed by atoms with Crippen molar-refractivity contribution in [3.05, 3.63) is 63.6 Å². The lowest BCUT2D eigenvalue weighted by Crippen LogP contribution is -2.49. The molecule has 2 aromatic carbocycles. The van der Waals surface area contributed by atoms with Crippen LogP contribution in [0.4, 0.5) is 5.69 Å². The van der Waals surface area contributed by atoms with Gasteiger partial charge in [-0.1, -0.05) is 54.4 Å². The molecule has 2 rings (SSSR count). The van der Waals surface area contributed by atoms with Gasteiger partial charge in [0.2, 0.25) is 15.9 Å². The highest BCUT2D eigenvalue weighted by molar-refractivity contribution is 7.92. The highest BCUT2D eigenvalue weighted by Crippen LogP contribution is 2.27. The molecule has 0 heterocycles. The van der Waals surface area contributed by atoms with Crippen LogP contribution in [-0.4, -0.2) is 26.6 Å². The van der Waals surface area contributed by atoms with E-state index in [4.69, 9.17) is 23.2 Å². The average Bonchev–Trinajstić information content (AvgIpc) is 2.60. The van der Waals surface area contributed by atoms with Crippen LogP contribution in [0.15, 0.2) is 42.5 Å². The highest BCUT2D eigenvalue weighted by atomic mass is 35.5. The molecule has 0 aromatic heterocycles. The second kappa shape index (κ2) is 8.95. The molecule has 1 amide bonds. The molecule has 0 fully saturated rings. The number of carbonyl (C=O) groups excluding carboxylic acids is 1. The van der Waals surface area contributed by atoms with E-state index in [1.807, 2.05) is 13.0 Å². The van der Waals surface area contributed by atoms with Crippen LogP contribution in [-0.2, 0) is 21.4 Å². The SMILES string of the molecule is CC[C@@H](C(=O)NCc1ccccc1Cl)N(c1ccc(C)c(Cl)c1)S(C)(=O)=O. The molecular weight excluding hydrogens is 407 g/mol. The molecule has 0 saturated carbocycles. The minimum atomic E-state index is -3.71. The number of amides is 1. The molecule has 0 radical (unpaired) electrons. The molecule has 0 spiro atoms. The van der Waals surface area contributed by atoms with Crippen molar-refractivity contribution in [1.29, 1.82) is 0 Å². The second-order valence-corrected chi connectivity index (χ2v) is 8.90. The Hall–Kier alpha value is -1.76. The molecule has 1 atom stereocenters. The van der Waals surface area contributed by atoms with Crippen molar-refractivity contribution in [3.63, 3.8) is 0 Å². The van der Waals surface area contributed by atoms with Gasteiger partial charge in [0.05, 0.1) is 11.9 Å². The Bertz CT molecular complexity index is 932. The van der Waals surface area contributed by atoms with Crippen LogP contribution < -0.4 is 9.62 Å². The summed E-state index contributed by atoms with van der Waals surface area (Å²) in [5.74, 6) is -0.403. The van der Waals surface area contributed by atoms with E-state index >= 15 is 0 Å². The Balaban J connectivity index is 2.30. The standard InChI is InChI=1S/C19H22Cl2N2O3S/c1-4-18(19(24)22-12-14-7-5-6-8-16(14)20)23(27(3,25)26)15-10-9-13(2)17(21)11-15/h5-11,18H,4,12H2,1-3H3,(H,22,24)/t18-/m0/s1. The minimum absolute atomic E-state index is 0.210. The van der Waals surface area contributed by atoms with E-state index in [1.165, 1.54) is 0 Å². The molecule has 0 aliphatic rings. The van der Waals surface area contributed by atoms with Gasteiger partial charge in [0.15, 0.2) is 0 Å². The normalized spacial score (nSPS) is 12.5. The van der Waals surface area contributed by atoms with Gasteiger partial charge < -0.3 is 5.32 Å². The summed E-state index contributed by atoms with van der Waals surface area (Å²) >= 11 is 12.3. The zero-order chi connectivity index (χ0) is 20.2. The lowest BCUT2D eigenvalue weighted by molar-refractivity contribution is -0.122. The van der Waals surface area contributed by atoms with Gasteiger partial charge in [-0.3, -0.25) is 9.10 Å². The molecule has 5 nitrogen and oxygen atoms in total. The monoisotopic (exact) mass is 428 g/mol. The first-order valence-corrected chi connectivity index (χ1v) is 11.0. The number of hydrogen-bond acceptors (Lipinski definition) is 3. The Morgan fingerprint density at radius 3 is 2.37 bits per heavy atom. The largest absolute Gasteiger partial charge is 0.350 e. The number of hydrogen-bond donors (Lipinski definition) is 1. The molecule has 2 aromatic rings. The van der Waals surface area contributed by atoms with Crippen molar-refractivity contribution >= 4 is 44.8 Å². The summed E-state index contributed by atoms with van der Waals surface area (Å²) in [5, 5.41) is 3.75. The number of nitrogens with zero attached hydrogens (tertiary/aromatic N) is 1. The van der Waals surface area contributed by atoms with E-state index < -0.39 is 22.0 Å². The first-order valence-electron chi connectivity index (χ1n) is 8.41. The summed E-state index contributed by atoms with van der Waals surface area (Å²) in [6, 6.07) is 11.2. The summed E-state index contributed by atoms with van der Waals surface area (Å²) < 4.78 is 26.0. The fourth-order valence-corrected chi connectivity index (χ4v) is 4.30. The fraction of sp³-hybridized carbons (Fsp3) is 0.316. The van der Waals surface area contributed by atoms with Gasteiger partial charge in [-0.15, -0.1) is 0 Å². The number of rotatable bonds is 7. The van der Waals surface area contributed by atoms with E-state index in [0.29, 0.717) is 22.2 Å². The molecule has 27 heavy (non-hydrogen) atoms. The zero-order valence-electron chi connectivity index (χ0n) is 15.4. The molecule has 0 aliphatic heterocycles. The summed E-state index contributed by atoms with van der Waals surface area (Å²) in [7, 11) is -3.71. The molecule has 1 N–H and O–H groups in total. The van der Waals surface area contributed by atoms with Crippen LogP contribution in [0.3, 0.4) is 0 Å². The predicted molar refractivity (Wildman–Crippen MR) is 111 cm³/mol. The minimum Gasteiger partial charge on any atom is -0.350 e. The zero-order valence-corrected chi connectivity index (χ0v) is 17.7. The molecular formula is C19H22Cl2N2O3S. The molecule has 0 aliphatic carbocycles. The third kappa shape index (κ3) is 5.37. The van der Waals surface area contributed by atoms with E-state index in [0.717, 1.165) is 21.7 Å². The lowest BCUT2D eigenvalue weighted by Gasteiger charge is -2.30. The lowest BCUT2D eigenvalue weighted by atomic mass is 10.1. The Kier molecular flexibility index (Phi) is 7.14. The van der Waals surface area contributed by atoms with Crippen LogP contribution in [0, 0.1) is 6.92 Å². The molecule has 146 valence electrons. The van der Waals surface area contributed by atoms with Crippen LogP contribution in [0.1, 0.15) is 24.5 Å².